The predicted molar refractivity (Wildman–Crippen MR) is 44.9 cm³/mol. The molecule has 0 spiro atoms. The maximum absolute atomic E-state index is 12.8. The lowest BCUT2D eigenvalue weighted by atomic mass is 10.2. The quantitative estimate of drug-likeness (QED) is 0.520. The summed E-state index contributed by atoms with van der Waals surface area (Å²) in [6, 6.07) is 1.09. The van der Waals surface area contributed by atoms with Crippen LogP contribution in [0.4, 0.5) is 10.1 Å². The molecule has 4 heteroatoms. The predicted octanol–water partition coefficient (Wildman–Crippen LogP) is 2.18. The van der Waals surface area contributed by atoms with Crippen LogP contribution in [0.5, 0.6) is 5.75 Å². The summed E-state index contributed by atoms with van der Waals surface area (Å²) >= 11 is 3.01. The van der Waals surface area contributed by atoms with Crippen LogP contribution in [-0.2, 0) is 0 Å². The van der Waals surface area contributed by atoms with Crippen LogP contribution in [0.3, 0.4) is 0 Å². The molecule has 1 rings (SSSR count). The first kappa shape index (κ1) is 8.33. The number of hydrogen-bond acceptors (Lipinski definition) is 2. The molecule has 3 N–H and O–H groups in total. The van der Waals surface area contributed by atoms with E-state index in [2.05, 4.69) is 15.9 Å². The Morgan fingerprint density at radius 3 is 2.73 bits per heavy atom. The lowest BCUT2D eigenvalue weighted by Crippen LogP contribution is -1.91. The Morgan fingerprint density at radius 2 is 2.18 bits per heavy atom. The van der Waals surface area contributed by atoms with E-state index in [0.717, 1.165) is 6.07 Å². The minimum absolute atomic E-state index is 0.0416. The van der Waals surface area contributed by atoms with Crippen molar-refractivity contribution >= 4 is 21.6 Å². The van der Waals surface area contributed by atoms with Crippen molar-refractivity contribution in [2.75, 3.05) is 5.73 Å². The van der Waals surface area contributed by atoms with Gasteiger partial charge in [0, 0.05) is 11.6 Å². The van der Waals surface area contributed by atoms with Gasteiger partial charge < -0.3 is 10.8 Å². The van der Waals surface area contributed by atoms with Gasteiger partial charge in [0.2, 0.25) is 0 Å². The number of phenols is 1. The number of anilines is 1. The van der Waals surface area contributed by atoms with Gasteiger partial charge in [0.25, 0.3) is 0 Å². The lowest BCUT2D eigenvalue weighted by molar-refractivity contribution is 0.471. The van der Waals surface area contributed by atoms with Crippen molar-refractivity contribution in [3.8, 4) is 5.75 Å². The SMILES string of the molecule is Cc1c(F)cc(N)c(O)c1Br. The zero-order valence-electron chi connectivity index (χ0n) is 5.86. The van der Waals surface area contributed by atoms with Gasteiger partial charge >= 0.3 is 0 Å². The normalized spacial score (nSPS) is 10.1. The van der Waals surface area contributed by atoms with E-state index in [1.165, 1.54) is 0 Å². The molecule has 0 atom stereocenters. The molecule has 0 aliphatic rings. The van der Waals surface area contributed by atoms with Gasteiger partial charge in [-0.25, -0.2) is 4.39 Å². The fourth-order valence-corrected chi connectivity index (χ4v) is 1.14. The Labute approximate surface area is 72.0 Å². The fraction of sp³-hybridized carbons (Fsp3) is 0.143. The molecule has 1 aromatic rings. The Bertz CT molecular complexity index is 275. The van der Waals surface area contributed by atoms with Gasteiger partial charge in [-0.05, 0) is 22.9 Å². The van der Waals surface area contributed by atoms with Crippen LogP contribution in [0.1, 0.15) is 5.56 Å². The van der Waals surface area contributed by atoms with Crippen LogP contribution < -0.4 is 5.73 Å². The smallest absolute Gasteiger partial charge is 0.153 e. The molecule has 0 fully saturated rings. The second kappa shape index (κ2) is 2.70. The van der Waals surface area contributed by atoms with Crippen molar-refractivity contribution < 1.29 is 9.50 Å². The highest BCUT2D eigenvalue weighted by Crippen LogP contribution is 2.34. The van der Waals surface area contributed by atoms with Crippen LogP contribution in [0.25, 0.3) is 0 Å². The van der Waals surface area contributed by atoms with Crippen molar-refractivity contribution in [1.82, 2.24) is 0 Å². The first-order valence-corrected chi connectivity index (χ1v) is 3.76. The number of nitrogen functional groups attached to an aromatic ring is 1. The molecule has 2 nitrogen and oxygen atoms in total. The van der Waals surface area contributed by atoms with E-state index in [-0.39, 0.29) is 11.4 Å². The monoisotopic (exact) mass is 219 g/mol. The van der Waals surface area contributed by atoms with Gasteiger partial charge in [-0.1, -0.05) is 0 Å². The molecule has 0 radical (unpaired) electrons. The Kier molecular flexibility index (Phi) is 2.04. The molecular weight excluding hydrogens is 213 g/mol. The van der Waals surface area contributed by atoms with Crippen LogP contribution in [0.2, 0.25) is 0 Å². The molecule has 0 amide bonds. The number of phenolic OH excluding ortho intramolecular Hbond substituents is 1. The molecule has 0 unspecified atom stereocenters. The molecule has 11 heavy (non-hydrogen) atoms. The van der Waals surface area contributed by atoms with E-state index in [9.17, 15) is 9.50 Å². The molecule has 0 aliphatic carbocycles. The third-order valence-electron chi connectivity index (χ3n) is 1.45. The standard InChI is InChI=1S/C7H7BrFNO/c1-3-4(9)2-5(10)7(11)6(3)8/h2,11H,10H2,1H3. The molecule has 0 heterocycles. The summed E-state index contributed by atoms with van der Waals surface area (Å²) in [6.45, 7) is 1.55. The highest BCUT2D eigenvalue weighted by molar-refractivity contribution is 9.10. The second-order valence-corrected chi connectivity index (χ2v) is 3.03. The van der Waals surface area contributed by atoms with Crippen molar-refractivity contribution in [1.29, 1.82) is 0 Å². The van der Waals surface area contributed by atoms with E-state index in [1.54, 1.807) is 6.92 Å². The average Bonchev–Trinajstić information content (AvgIpc) is 1.97. The first-order valence-electron chi connectivity index (χ1n) is 2.97. The number of rotatable bonds is 0. The summed E-state index contributed by atoms with van der Waals surface area (Å²) in [5.74, 6) is -0.531. The Balaban J connectivity index is 3.46. The van der Waals surface area contributed by atoms with Crippen LogP contribution in [-0.4, -0.2) is 5.11 Å². The van der Waals surface area contributed by atoms with Crippen molar-refractivity contribution in [2.45, 2.75) is 6.92 Å². The molecule has 60 valence electrons. The molecular formula is C7H7BrFNO. The van der Waals surface area contributed by atoms with Crippen LogP contribution in [0.15, 0.2) is 10.5 Å². The maximum Gasteiger partial charge on any atom is 0.153 e. The summed E-state index contributed by atoms with van der Waals surface area (Å²) in [6.07, 6.45) is 0. The van der Waals surface area contributed by atoms with Crippen LogP contribution >= 0.6 is 15.9 Å². The zero-order valence-corrected chi connectivity index (χ0v) is 7.44. The van der Waals surface area contributed by atoms with Crippen molar-refractivity contribution in [3.63, 3.8) is 0 Å². The Morgan fingerprint density at radius 1 is 1.64 bits per heavy atom. The first-order chi connectivity index (χ1) is 5.04. The van der Waals surface area contributed by atoms with Crippen LogP contribution in [0, 0.1) is 12.7 Å². The second-order valence-electron chi connectivity index (χ2n) is 2.24. The van der Waals surface area contributed by atoms with Gasteiger partial charge in [-0.15, -0.1) is 0 Å². The molecule has 1 aromatic carbocycles. The zero-order chi connectivity index (χ0) is 8.59. The average molecular weight is 220 g/mol. The van der Waals surface area contributed by atoms with E-state index in [0.29, 0.717) is 10.0 Å². The number of benzene rings is 1. The molecule has 0 bridgehead atoms. The third kappa shape index (κ3) is 1.30. The van der Waals surface area contributed by atoms with E-state index in [1.807, 2.05) is 0 Å². The van der Waals surface area contributed by atoms with E-state index < -0.39 is 5.82 Å². The van der Waals surface area contributed by atoms with Gasteiger partial charge in [-0.2, -0.15) is 0 Å². The van der Waals surface area contributed by atoms with Gasteiger partial charge in [0.1, 0.15) is 5.82 Å². The summed E-state index contributed by atoms with van der Waals surface area (Å²) < 4.78 is 13.1. The van der Waals surface area contributed by atoms with E-state index in [4.69, 9.17) is 5.73 Å². The summed E-state index contributed by atoms with van der Waals surface area (Å²) in [5.41, 5.74) is 5.67. The maximum atomic E-state index is 12.8. The van der Waals surface area contributed by atoms with Crippen molar-refractivity contribution in [2.24, 2.45) is 0 Å². The molecule has 0 aliphatic heterocycles. The van der Waals surface area contributed by atoms with Gasteiger partial charge in [-0.3, -0.25) is 0 Å². The number of aromatic hydroxyl groups is 1. The summed E-state index contributed by atoms with van der Waals surface area (Å²) in [5, 5.41) is 9.17. The summed E-state index contributed by atoms with van der Waals surface area (Å²) in [4.78, 5) is 0. The van der Waals surface area contributed by atoms with Gasteiger partial charge in [0.05, 0.1) is 10.2 Å². The van der Waals surface area contributed by atoms with Gasteiger partial charge in [0.15, 0.2) is 5.75 Å². The third-order valence-corrected chi connectivity index (χ3v) is 2.42. The molecule has 0 aromatic heterocycles. The van der Waals surface area contributed by atoms with E-state index >= 15 is 0 Å². The number of halogens is 2. The largest absolute Gasteiger partial charge is 0.505 e. The van der Waals surface area contributed by atoms with Crippen molar-refractivity contribution in [3.05, 3.63) is 21.9 Å². The minimum Gasteiger partial charge on any atom is -0.505 e. The highest BCUT2D eigenvalue weighted by Gasteiger charge is 2.09. The molecule has 0 saturated carbocycles. The summed E-state index contributed by atoms with van der Waals surface area (Å²) in [7, 11) is 0. The highest BCUT2D eigenvalue weighted by atomic mass is 79.9. The lowest BCUT2D eigenvalue weighted by Gasteiger charge is -2.04. The fourth-order valence-electron chi connectivity index (χ4n) is 0.722. The topological polar surface area (TPSA) is 46.2 Å². The number of hydrogen-bond donors (Lipinski definition) is 2. The Hall–Kier alpha value is -0.770. The minimum atomic E-state index is -0.424. The number of nitrogens with two attached hydrogens (primary N) is 1. The molecule has 0 saturated heterocycles.